The van der Waals surface area contributed by atoms with Gasteiger partial charge in [-0.3, -0.25) is 10.1 Å². The van der Waals surface area contributed by atoms with E-state index in [4.69, 9.17) is 9.84 Å². The zero-order valence-electron chi connectivity index (χ0n) is 15.9. The van der Waals surface area contributed by atoms with E-state index in [0.29, 0.717) is 5.75 Å². The highest BCUT2D eigenvalue weighted by Crippen LogP contribution is 2.25. The number of aromatic nitrogens is 4. The van der Waals surface area contributed by atoms with Crippen molar-refractivity contribution in [3.8, 4) is 17.1 Å². The molecule has 5 rings (SSSR count). The van der Waals surface area contributed by atoms with Crippen LogP contribution in [0.25, 0.3) is 17.0 Å². The summed E-state index contributed by atoms with van der Waals surface area (Å²) >= 11 is 1.62. The maximum atomic E-state index is 10.8. The SMILES string of the molecule is O=[N+]([O-])c1ccc(OC2CCN(c3ccc4nnc(-c5ccsc5)n4n3)CC2)cc1. The van der Waals surface area contributed by atoms with Gasteiger partial charge in [0.1, 0.15) is 17.7 Å². The minimum absolute atomic E-state index is 0.0643. The maximum Gasteiger partial charge on any atom is 0.269 e. The molecule has 0 bridgehead atoms. The fourth-order valence-electron chi connectivity index (χ4n) is 3.56. The average Bonchev–Trinajstić information content (AvgIpc) is 3.44. The Morgan fingerprint density at radius 2 is 1.87 bits per heavy atom. The molecule has 30 heavy (non-hydrogen) atoms. The topological polar surface area (TPSA) is 98.7 Å². The number of nitro groups is 1. The van der Waals surface area contributed by atoms with Crippen LogP contribution < -0.4 is 9.64 Å². The van der Waals surface area contributed by atoms with Gasteiger partial charge in [-0.2, -0.15) is 15.9 Å². The van der Waals surface area contributed by atoms with Gasteiger partial charge in [0.25, 0.3) is 5.69 Å². The molecule has 10 heteroatoms. The van der Waals surface area contributed by atoms with Gasteiger partial charge >= 0.3 is 0 Å². The molecule has 4 heterocycles. The summed E-state index contributed by atoms with van der Waals surface area (Å²) in [6, 6.07) is 12.2. The zero-order valence-corrected chi connectivity index (χ0v) is 16.7. The van der Waals surface area contributed by atoms with E-state index < -0.39 is 4.92 Å². The Balaban J connectivity index is 1.26. The summed E-state index contributed by atoms with van der Waals surface area (Å²) in [6.07, 6.45) is 1.76. The average molecular weight is 422 g/mol. The van der Waals surface area contributed by atoms with Crippen LogP contribution in [0.15, 0.2) is 53.2 Å². The third kappa shape index (κ3) is 3.57. The molecule has 0 amide bonds. The third-order valence-electron chi connectivity index (χ3n) is 5.14. The molecule has 0 unspecified atom stereocenters. The van der Waals surface area contributed by atoms with Gasteiger partial charge in [-0.25, -0.2) is 0 Å². The molecule has 1 aliphatic rings. The standard InChI is InChI=1S/C20H18N6O3S/c27-26(28)15-1-3-16(4-2-15)29-17-7-10-24(11-8-17)19-6-5-18-21-22-20(25(18)23-19)14-9-12-30-13-14/h1-6,9,12-13,17H,7-8,10-11H2. The number of non-ortho nitro benzene ring substituents is 1. The van der Waals surface area contributed by atoms with Crippen molar-refractivity contribution in [2.24, 2.45) is 0 Å². The highest BCUT2D eigenvalue weighted by atomic mass is 32.1. The van der Waals surface area contributed by atoms with Gasteiger partial charge < -0.3 is 9.64 Å². The number of piperidine rings is 1. The second kappa shape index (κ2) is 7.71. The summed E-state index contributed by atoms with van der Waals surface area (Å²) in [5.41, 5.74) is 1.79. The van der Waals surface area contributed by atoms with E-state index in [0.717, 1.165) is 48.8 Å². The second-order valence-electron chi connectivity index (χ2n) is 7.05. The molecule has 0 saturated carbocycles. The Morgan fingerprint density at radius 1 is 1.07 bits per heavy atom. The summed E-state index contributed by atoms with van der Waals surface area (Å²) in [7, 11) is 0. The quantitative estimate of drug-likeness (QED) is 0.356. The Labute approximate surface area is 175 Å². The first-order chi connectivity index (χ1) is 14.7. The molecule has 1 fully saturated rings. The molecule has 152 valence electrons. The first kappa shape index (κ1) is 18.5. The predicted octanol–water partition coefficient (Wildman–Crippen LogP) is 3.81. The van der Waals surface area contributed by atoms with Gasteiger partial charge in [0.2, 0.25) is 0 Å². The van der Waals surface area contributed by atoms with Gasteiger partial charge in [0, 0.05) is 49.0 Å². The van der Waals surface area contributed by atoms with Crippen molar-refractivity contribution in [3.05, 3.63) is 63.3 Å². The lowest BCUT2D eigenvalue weighted by Gasteiger charge is -2.32. The number of nitrogens with zero attached hydrogens (tertiary/aromatic N) is 6. The fourth-order valence-corrected chi connectivity index (χ4v) is 4.20. The summed E-state index contributed by atoms with van der Waals surface area (Å²) in [4.78, 5) is 12.6. The van der Waals surface area contributed by atoms with Gasteiger partial charge in [-0.15, -0.1) is 15.3 Å². The van der Waals surface area contributed by atoms with Crippen molar-refractivity contribution in [3.63, 3.8) is 0 Å². The first-order valence-electron chi connectivity index (χ1n) is 9.58. The van der Waals surface area contributed by atoms with Crippen LogP contribution in [0.3, 0.4) is 0 Å². The molecule has 1 aliphatic heterocycles. The largest absolute Gasteiger partial charge is 0.490 e. The van der Waals surface area contributed by atoms with Gasteiger partial charge in [0.15, 0.2) is 11.5 Å². The number of hydrogen-bond acceptors (Lipinski definition) is 8. The Bertz CT molecular complexity index is 1170. The van der Waals surface area contributed by atoms with Crippen LogP contribution in [0, 0.1) is 10.1 Å². The Morgan fingerprint density at radius 3 is 2.57 bits per heavy atom. The highest BCUT2D eigenvalue weighted by Gasteiger charge is 2.22. The molecule has 4 aromatic rings. The summed E-state index contributed by atoms with van der Waals surface area (Å²) < 4.78 is 7.79. The maximum absolute atomic E-state index is 10.8. The van der Waals surface area contributed by atoms with Crippen LogP contribution in [0.5, 0.6) is 5.75 Å². The van der Waals surface area contributed by atoms with Crippen LogP contribution in [0.2, 0.25) is 0 Å². The van der Waals surface area contributed by atoms with Crippen LogP contribution in [-0.2, 0) is 0 Å². The number of ether oxygens (including phenoxy) is 1. The third-order valence-corrected chi connectivity index (χ3v) is 5.83. The van der Waals surface area contributed by atoms with E-state index in [2.05, 4.69) is 15.1 Å². The molecule has 0 aliphatic carbocycles. The molecule has 9 nitrogen and oxygen atoms in total. The smallest absolute Gasteiger partial charge is 0.269 e. The van der Waals surface area contributed by atoms with Crippen molar-refractivity contribution in [2.75, 3.05) is 18.0 Å². The minimum Gasteiger partial charge on any atom is -0.490 e. The van der Waals surface area contributed by atoms with Crippen molar-refractivity contribution in [1.82, 2.24) is 19.8 Å². The highest BCUT2D eigenvalue weighted by molar-refractivity contribution is 7.08. The number of anilines is 1. The second-order valence-corrected chi connectivity index (χ2v) is 7.83. The van der Waals surface area contributed by atoms with Crippen molar-refractivity contribution in [1.29, 1.82) is 0 Å². The van der Waals surface area contributed by atoms with E-state index in [1.807, 2.05) is 29.0 Å². The molecule has 0 N–H and O–H groups in total. The van der Waals surface area contributed by atoms with E-state index >= 15 is 0 Å². The number of nitro benzene ring substituents is 1. The molecular weight excluding hydrogens is 404 g/mol. The van der Waals surface area contributed by atoms with Crippen LogP contribution in [-0.4, -0.2) is 43.9 Å². The van der Waals surface area contributed by atoms with Gasteiger partial charge in [-0.05, 0) is 35.7 Å². The van der Waals surface area contributed by atoms with Crippen LogP contribution in [0.4, 0.5) is 11.5 Å². The molecule has 0 spiro atoms. The molecular formula is C20H18N6O3S. The van der Waals surface area contributed by atoms with Crippen molar-refractivity contribution >= 4 is 28.5 Å². The Kier molecular flexibility index (Phi) is 4.75. The number of thiophene rings is 1. The van der Waals surface area contributed by atoms with E-state index in [9.17, 15) is 10.1 Å². The molecule has 1 aromatic carbocycles. The lowest BCUT2D eigenvalue weighted by Crippen LogP contribution is -2.38. The molecule has 3 aromatic heterocycles. The summed E-state index contributed by atoms with van der Waals surface area (Å²) in [5, 5.41) is 28.1. The molecule has 0 atom stereocenters. The van der Waals surface area contributed by atoms with Crippen LogP contribution >= 0.6 is 11.3 Å². The van der Waals surface area contributed by atoms with Gasteiger partial charge in [-0.1, -0.05) is 0 Å². The first-order valence-corrected chi connectivity index (χ1v) is 10.5. The van der Waals surface area contributed by atoms with E-state index in [-0.39, 0.29) is 11.8 Å². The minimum atomic E-state index is -0.411. The predicted molar refractivity (Wildman–Crippen MR) is 113 cm³/mol. The lowest BCUT2D eigenvalue weighted by molar-refractivity contribution is -0.384. The lowest BCUT2D eigenvalue weighted by atomic mass is 10.1. The number of benzene rings is 1. The van der Waals surface area contributed by atoms with Crippen molar-refractivity contribution in [2.45, 2.75) is 18.9 Å². The Hall–Kier alpha value is -3.53. The number of hydrogen-bond donors (Lipinski definition) is 0. The normalized spacial score (nSPS) is 14.9. The zero-order chi connectivity index (χ0) is 20.5. The van der Waals surface area contributed by atoms with Crippen LogP contribution in [0.1, 0.15) is 12.8 Å². The summed E-state index contributed by atoms with van der Waals surface area (Å²) in [6.45, 7) is 1.62. The van der Waals surface area contributed by atoms with E-state index in [1.165, 1.54) is 12.1 Å². The number of fused-ring (bicyclic) bond motifs is 1. The van der Waals surface area contributed by atoms with Crippen molar-refractivity contribution < 1.29 is 9.66 Å². The van der Waals surface area contributed by atoms with E-state index in [1.54, 1.807) is 28.0 Å². The monoisotopic (exact) mass is 422 g/mol. The molecule has 1 saturated heterocycles. The molecule has 0 radical (unpaired) electrons. The fraction of sp³-hybridized carbons (Fsp3) is 0.250. The number of rotatable bonds is 5. The van der Waals surface area contributed by atoms with Gasteiger partial charge in [0.05, 0.1) is 4.92 Å². The summed E-state index contributed by atoms with van der Waals surface area (Å²) in [5.74, 6) is 2.28.